The molecule has 1 fully saturated rings. The lowest BCUT2D eigenvalue weighted by molar-refractivity contribution is -0.148. The summed E-state index contributed by atoms with van der Waals surface area (Å²) in [5.74, 6) is -0.507. The minimum absolute atomic E-state index is 0.0351. The number of carbonyl (C=O) groups excluding carboxylic acids is 1. The smallest absolute Gasteiger partial charge is 0.323 e. The Labute approximate surface area is 136 Å². The number of nitrogens with zero attached hydrogens (tertiary/aromatic N) is 2. The number of fused-ring (bicyclic) bond motifs is 3. The Morgan fingerprint density at radius 2 is 2.23 bits per heavy atom. The van der Waals surface area contributed by atoms with E-state index in [1.807, 2.05) is 17.9 Å². The van der Waals surface area contributed by atoms with Gasteiger partial charge in [-0.2, -0.15) is 0 Å². The number of ether oxygens (including phenoxy) is 1. The Kier molecular flexibility index (Phi) is 4.13. The lowest BCUT2D eigenvalue weighted by Crippen LogP contribution is -2.43. The van der Waals surface area contributed by atoms with Gasteiger partial charge in [-0.05, 0) is 34.6 Å². The summed E-state index contributed by atoms with van der Waals surface area (Å²) in [5.41, 5.74) is 0.846. The molecule has 0 bridgehead atoms. The molecule has 6 nitrogen and oxygen atoms in total. The molecule has 2 aliphatic heterocycles. The van der Waals surface area contributed by atoms with Crippen molar-refractivity contribution in [1.29, 1.82) is 0 Å². The molecule has 0 saturated carbocycles. The Morgan fingerprint density at radius 1 is 1.50 bits per heavy atom. The number of methoxy groups -OCH3 is 1. The van der Waals surface area contributed by atoms with Gasteiger partial charge in [0.1, 0.15) is 6.04 Å². The van der Waals surface area contributed by atoms with E-state index in [2.05, 4.69) is 15.9 Å². The van der Waals surface area contributed by atoms with Crippen LogP contribution in [0.1, 0.15) is 18.7 Å². The number of esters is 1. The number of pyridine rings is 1. The predicted octanol–water partition coefficient (Wildman–Crippen LogP) is 0.767. The van der Waals surface area contributed by atoms with E-state index < -0.39 is 6.04 Å². The van der Waals surface area contributed by atoms with E-state index in [0.717, 1.165) is 5.69 Å². The summed E-state index contributed by atoms with van der Waals surface area (Å²) < 4.78 is 7.21. The molecule has 0 aromatic carbocycles. The first-order valence-corrected chi connectivity index (χ1v) is 8.18. The van der Waals surface area contributed by atoms with Gasteiger partial charge in [0.25, 0.3) is 5.56 Å². The van der Waals surface area contributed by atoms with Crippen LogP contribution < -0.4 is 5.56 Å². The molecule has 1 aromatic heterocycles. The number of aromatic nitrogens is 1. The third-order valence-electron chi connectivity index (χ3n) is 4.95. The molecular formula is C15H19BrN2O4. The molecule has 0 spiro atoms. The highest BCUT2D eigenvalue weighted by molar-refractivity contribution is 9.10. The molecular weight excluding hydrogens is 352 g/mol. The van der Waals surface area contributed by atoms with E-state index >= 15 is 0 Å². The maximum Gasteiger partial charge on any atom is 0.323 e. The fourth-order valence-electron chi connectivity index (χ4n) is 4.04. The SMILES string of the molecule is CCN1[C@H](C(=O)OC)[C@@H](CO)[C@@H]2Cn3c(ccc(Br)c3=O)[C@@H]21. The summed E-state index contributed by atoms with van der Waals surface area (Å²) in [4.78, 5) is 26.5. The second-order valence-corrected chi connectivity index (χ2v) is 6.63. The Balaban J connectivity index is 2.09. The van der Waals surface area contributed by atoms with Crippen molar-refractivity contribution >= 4 is 21.9 Å². The molecule has 0 aliphatic carbocycles. The van der Waals surface area contributed by atoms with Crippen molar-refractivity contribution in [2.45, 2.75) is 25.6 Å². The van der Waals surface area contributed by atoms with Crippen LogP contribution in [-0.2, 0) is 16.1 Å². The quantitative estimate of drug-likeness (QED) is 0.795. The van der Waals surface area contributed by atoms with Crippen molar-refractivity contribution in [3.63, 3.8) is 0 Å². The second kappa shape index (κ2) is 5.79. The highest BCUT2D eigenvalue weighted by Crippen LogP contribution is 2.49. The Morgan fingerprint density at radius 3 is 2.82 bits per heavy atom. The maximum absolute atomic E-state index is 12.3. The van der Waals surface area contributed by atoms with Gasteiger partial charge in [0.15, 0.2) is 0 Å². The zero-order chi connectivity index (χ0) is 16.0. The number of likely N-dealkylation sites (tertiary alicyclic amines) is 1. The average Bonchev–Trinajstić information content (AvgIpc) is 3.04. The van der Waals surface area contributed by atoms with Crippen molar-refractivity contribution in [2.75, 3.05) is 20.3 Å². The van der Waals surface area contributed by atoms with Crippen LogP contribution in [0.2, 0.25) is 0 Å². The van der Waals surface area contributed by atoms with Crippen LogP contribution in [0.25, 0.3) is 0 Å². The van der Waals surface area contributed by atoms with Crippen molar-refractivity contribution in [1.82, 2.24) is 9.47 Å². The van der Waals surface area contributed by atoms with E-state index in [-0.39, 0.29) is 36.0 Å². The summed E-state index contributed by atoms with van der Waals surface area (Å²) in [5, 5.41) is 9.81. The zero-order valence-corrected chi connectivity index (χ0v) is 14.1. The molecule has 4 atom stereocenters. The summed E-state index contributed by atoms with van der Waals surface area (Å²) >= 11 is 3.27. The fourth-order valence-corrected chi connectivity index (χ4v) is 4.39. The second-order valence-electron chi connectivity index (χ2n) is 5.78. The molecule has 3 rings (SSSR count). The van der Waals surface area contributed by atoms with Crippen LogP contribution >= 0.6 is 15.9 Å². The molecule has 120 valence electrons. The first-order chi connectivity index (χ1) is 10.5. The molecule has 1 saturated heterocycles. The molecule has 22 heavy (non-hydrogen) atoms. The normalized spacial score (nSPS) is 30.2. The lowest BCUT2D eigenvalue weighted by atomic mass is 9.88. The molecule has 3 heterocycles. The van der Waals surface area contributed by atoms with E-state index in [9.17, 15) is 14.7 Å². The lowest BCUT2D eigenvalue weighted by Gasteiger charge is -2.28. The zero-order valence-electron chi connectivity index (χ0n) is 12.5. The molecule has 7 heteroatoms. The van der Waals surface area contributed by atoms with E-state index in [4.69, 9.17) is 4.74 Å². The third kappa shape index (κ3) is 2.06. The van der Waals surface area contributed by atoms with Crippen LogP contribution in [-0.4, -0.2) is 46.8 Å². The maximum atomic E-state index is 12.3. The highest BCUT2D eigenvalue weighted by Gasteiger charge is 2.55. The van der Waals surface area contributed by atoms with E-state index in [0.29, 0.717) is 17.6 Å². The summed E-state index contributed by atoms with van der Waals surface area (Å²) in [6.07, 6.45) is 0. The Bertz CT molecular complexity index is 659. The van der Waals surface area contributed by atoms with Gasteiger partial charge in [0, 0.05) is 30.7 Å². The molecule has 1 aromatic rings. The van der Waals surface area contributed by atoms with Crippen LogP contribution in [0.4, 0.5) is 0 Å². The van der Waals surface area contributed by atoms with Crippen LogP contribution in [0.3, 0.4) is 0 Å². The van der Waals surface area contributed by atoms with Gasteiger partial charge >= 0.3 is 5.97 Å². The van der Waals surface area contributed by atoms with Crippen molar-refractivity contribution < 1.29 is 14.6 Å². The van der Waals surface area contributed by atoms with Gasteiger partial charge in [-0.25, -0.2) is 0 Å². The number of hydrogen-bond acceptors (Lipinski definition) is 5. The van der Waals surface area contributed by atoms with E-state index in [1.165, 1.54) is 7.11 Å². The van der Waals surface area contributed by atoms with Gasteiger partial charge in [0.2, 0.25) is 0 Å². The predicted molar refractivity (Wildman–Crippen MR) is 83.4 cm³/mol. The van der Waals surface area contributed by atoms with Crippen molar-refractivity contribution in [3.05, 3.63) is 32.7 Å². The standard InChI is InChI=1S/C15H19BrN2O4/c1-3-17-12-8(9(7-19)13(17)15(21)22-2)6-18-11(12)5-4-10(16)14(18)20/h4-5,8-9,12-13,19H,3,6-7H2,1-2H3/t8-,9-,12+,13-/m0/s1. The minimum atomic E-state index is -0.456. The van der Waals surface area contributed by atoms with Gasteiger partial charge in [-0.3, -0.25) is 14.5 Å². The molecule has 0 amide bonds. The molecule has 0 unspecified atom stereocenters. The summed E-state index contributed by atoms with van der Waals surface area (Å²) in [6, 6.07) is 3.19. The van der Waals surface area contributed by atoms with Crippen LogP contribution in [0, 0.1) is 11.8 Å². The number of aliphatic hydroxyl groups excluding tert-OH is 1. The van der Waals surface area contributed by atoms with Gasteiger partial charge in [-0.1, -0.05) is 6.92 Å². The number of aliphatic hydroxyl groups is 1. The first-order valence-electron chi connectivity index (χ1n) is 7.38. The first kappa shape index (κ1) is 15.7. The number of rotatable bonds is 3. The fraction of sp³-hybridized carbons (Fsp3) is 0.600. The average molecular weight is 371 g/mol. The summed E-state index contributed by atoms with van der Waals surface area (Å²) in [7, 11) is 1.37. The van der Waals surface area contributed by atoms with Crippen molar-refractivity contribution in [3.8, 4) is 0 Å². The van der Waals surface area contributed by atoms with Gasteiger partial charge in [0.05, 0.1) is 17.6 Å². The molecule has 2 aliphatic rings. The number of hydrogen-bond donors (Lipinski definition) is 1. The number of halogens is 1. The highest BCUT2D eigenvalue weighted by atomic mass is 79.9. The minimum Gasteiger partial charge on any atom is -0.468 e. The van der Waals surface area contributed by atoms with Gasteiger partial charge < -0.3 is 14.4 Å². The third-order valence-corrected chi connectivity index (χ3v) is 5.56. The monoisotopic (exact) mass is 370 g/mol. The number of carbonyl (C=O) groups is 1. The Hall–Kier alpha value is -1.18. The topological polar surface area (TPSA) is 71.8 Å². The number of likely N-dealkylation sites (N-methyl/N-ethyl adjacent to an activating group) is 1. The largest absolute Gasteiger partial charge is 0.468 e. The van der Waals surface area contributed by atoms with E-state index in [1.54, 1.807) is 10.6 Å². The molecule has 1 N–H and O–H groups in total. The van der Waals surface area contributed by atoms with Gasteiger partial charge in [-0.15, -0.1) is 0 Å². The van der Waals surface area contributed by atoms with Crippen LogP contribution in [0.5, 0.6) is 0 Å². The molecule has 0 radical (unpaired) electrons. The summed E-state index contributed by atoms with van der Waals surface area (Å²) in [6.45, 7) is 3.06. The van der Waals surface area contributed by atoms with Crippen molar-refractivity contribution in [2.24, 2.45) is 11.8 Å². The van der Waals surface area contributed by atoms with Crippen LogP contribution in [0.15, 0.2) is 21.4 Å².